The summed E-state index contributed by atoms with van der Waals surface area (Å²) in [6.07, 6.45) is -4.32. The van der Waals surface area contributed by atoms with E-state index in [0.717, 1.165) is 17.4 Å². The van der Waals surface area contributed by atoms with Crippen molar-refractivity contribution in [3.05, 3.63) is 45.1 Å². The molecule has 4 amide bonds. The number of alkyl halides is 2. The monoisotopic (exact) mass is 558 g/mol. The lowest BCUT2D eigenvalue weighted by Gasteiger charge is -2.29. The summed E-state index contributed by atoms with van der Waals surface area (Å²) >= 11 is 6.88. The molecule has 1 aromatic carbocycles. The van der Waals surface area contributed by atoms with Crippen molar-refractivity contribution >= 4 is 58.1 Å². The molecule has 3 rings (SSSR count). The van der Waals surface area contributed by atoms with E-state index < -0.39 is 47.9 Å². The Hall–Kier alpha value is -3.29. The molecular weight excluding hydrogens is 534 g/mol. The number of carbonyl (C=O) groups is 4. The fraction of sp³-hybridized carbons (Fsp3) is 0.391. The van der Waals surface area contributed by atoms with Crippen LogP contribution in [0.25, 0.3) is 0 Å². The van der Waals surface area contributed by atoms with E-state index in [1.165, 1.54) is 29.2 Å². The maximum absolute atomic E-state index is 13.8. The van der Waals surface area contributed by atoms with Crippen LogP contribution >= 0.6 is 22.9 Å². The normalized spacial score (nSPS) is 14.5. The molecule has 0 spiro atoms. The molecule has 1 aliphatic rings. The van der Waals surface area contributed by atoms with Gasteiger partial charge in [-0.2, -0.15) is 0 Å². The number of carbonyl (C=O) groups excluding carboxylic acids is 4. The largest absolute Gasteiger partial charge is 0.447 e. The quantitative estimate of drug-likeness (QED) is 0.432. The molecule has 0 aliphatic carbocycles. The van der Waals surface area contributed by atoms with Gasteiger partial charge in [0.15, 0.2) is 0 Å². The Kier molecular flexibility index (Phi) is 9.78. The first-order chi connectivity index (χ1) is 17.5. The first-order valence-corrected chi connectivity index (χ1v) is 12.4. The van der Waals surface area contributed by atoms with Gasteiger partial charge in [-0.1, -0.05) is 11.6 Å². The summed E-state index contributed by atoms with van der Waals surface area (Å²) in [4.78, 5) is 51.1. The minimum Gasteiger partial charge on any atom is -0.447 e. The van der Waals surface area contributed by atoms with Gasteiger partial charge in [0.2, 0.25) is 5.91 Å². The smallest absolute Gasteiger partial charge is 0.408 e. The minimum atomic E-state index is -2.94. The molecule has 0 bridgehead atoms. The van der Waals surface area contributed by atoms with Crippen LogP contribution in [0.1, 0.15) is 35.5 Å². The van der Waals surface area contributed by atoms with Crippen LogP contribution in [0.3, 0.4) is 0 Å². The average molecular weight is 559 g/mol. The number of nitrogens with zero attached hydrogens (tertiary/aromatic N) is 1. The Morgan fingerprint density at radius 3 is 2.59 bits per heavy atom. The van der Waals surface area contributed by atoms with Crippen LogP contribution in [0, 0.1) is 0 Å². The fourth-order valence-corrected chi connectivity index (χ4v) is 4.33. The van der Waals surface area contributed by atoms with Crippen LogP contribution in [-0.2, 0) is 19.1 Å². The number of ether oxygens (including phenoxy) is 2. The zero-order valence-electron chi connectivity index (χ0n) is 19.9. The molecule has 0 unspecified atom stereocenters. The molecule has 200 valence electrons. The number of amides is 4. The van der Waals surface area contributed by atoms with Gasteiger partial charge in [0.25, 0.3) is 18.2 Å². The van der Waals surface area contributed by atoms with Gasteiger partial charge < -0.3 is 30.3 Å². The number of rotatable bonds is 9. The minimum absolute atomic E-state index is 0.00477. The summed E-state index contributed by atoms with van der Waals surface area (Å²) in [6.45, 7) is 3.01. The molecule has 2 heterocycles. The van der Waals surface area contributed by atoms with E-state index in [1.807, 2.05) is 0 Å². The molecule has 1 aliphatic heterocycles. The average Bonchev–Trinajstić information content (AvgIpc) is 3.27. The molecule has 14 heteroatoms. The van der Waals surface area contributed by atoms with Gasteiger partial charge in [0, 0.05) is 24.3 Å². The number of morpholine rings is 1. The van der Waals surface area contributed by atoms with Crippen molar-refractivity contribution in [2.45, 2.75) is 32.4 Å². The van der Waals surface area contributed by atoms with Crippen LogP contribution in [0.15, 0.2) is 30.3 Å². The predicted octanol–water partition coefficient (Wildman–Crippen LogP) is 3.57. The van der Waals surface area contributed by atoms with Gasteiger partial charge in [-0.3, -0.25) is 14.4 Å². The first-order valence-electron chi connectivity index (χ1n) is 11.2. The Labute approximate surface area is 220 Å². The van der Waals surface area contributed by atoms with E-state index in [0.29, 0.717) is 9.21 Å². The highest BCUT2D eigenvalue weighted by Crippen LogP contribution is 2.33. The predicted molar refractivity (Wildman–Crippen MR) is 133 cm³/mol. The summed E-state index contributed by atoms with van der Waals surface area (Å²) in [5.74, 6) is -1.77. The second-order valence-corrected chi connectivity index (χ2v) is 9.84. The highest BCUT2D eigenvalue weighted by atomic mass is 35.5. The number of benzene rings is 1. The third kappa shape index (κ3) is 7.84. The maximum Gasteiger partial charge on any atom is 0.408 e. The van der Waals surface area contributed by atoms with Gasteiger partial charge in [0.05, 0.1) is 27.6 Å². The summed E-state index contributed by atoms with van der Waals surface area (Å²) in [5.41, 5.74) is -0.442. The molecule has 10 nitrogen and oxygen atoms in total. The van der Waals surface area contributed by atoms with Crippen molar-refractivity contribution < 1.29 is 37.4 Å². The van der Waals surface area contributed by atoms with Crippen LogP contribution in [0.4, 0.5) is 25.0 Å². The van der Waals surface area contributed by atoms with Gasteiger partial charge in [-0.15, -0.1) is 11.3 Å². The van der Waals surface area contributed by atoms with E-state index >= 15 is 0 Å². The van der Waals surface area contributed by atoms with E-state index in [4.69, 9.17) is 21.1 Å². The molecular formula is C23H25ClF2N4O6S. The van der Waals surface area contributed by atoms with Gasteiger partial charge in [0.1, 0.15) is 12.6 Å². The van der Waals surface area contributed by atoms with Crippen molar-refractivity contribution in [2.24, 2.45) is 0 Å². The van der Waals surface area contributed by atoms with Crippen molar-refractivity contribution in [3.63, 3.8) is 0 Å². The summed E-state index contributed by atoms with van der Waals surface area (Å²) in [5, 5.41) is 7.36. The standard InChI is InChI=1S/C23H25ClF2N4O6S/c1-12(2)36-23(34)29-15(10-27-22(33)17-5-6-18(24)37-17)21(32)28-13-3-4-16(14(9-13)20(25)26)30-7-8-35-11-19(30)31/h3-6,9,12,15,20H,7-8,10-11H2,1-2H3,(H,27,33)(H,28,32)(H,29,34)/t15-/m1/s1. The van der Waals surface area contributed by atoms with E-state index in [9.17, 15) is 28.0 Å². The van der Waals surface area contributed by atoms with Crippen LogP contribution in [-0.4, -0.2) is 62.3 Å². The highest BCUT2D eigenvalue weighted by Gasteiger charge is 2.27. The topological polar surface area (TPSA) is 126 Å². The second-order valence-electron chi connectivity index (χ2n) is 8.13. The molecule has 0 saturated carbocycles. The Balaban J connectivity index is 1.76. The fourth-order valence-electron chi connectivity index (χ4n) is 3.37. The molecule has 1 aromatic heterocycles. The molecule has 2 aromatic rings. The van der Waals surface area contributed by atoms with E-state index in [1.54, 1.807) is 13.8 Å². The summed E-state index contributed by atoms with van der Waals surface area (Å²) in [7, 11) is 0. The molecule has 37 heavy (non-hydrogen) atoms. The maximum atomic E-state index is 13.8. The third-order valence-electron chi connectivity index (χ3n) is 5.02. The van der Waals surface area contributed by atoms with Crippen LogP contribution in [0.2, 0.25) is 4.34 Å². The molecule has 1 fully saturated rings. The third-order valence-corrected chi connectivity index (χ3v) is 6.25. The molecule has 3 N–H and O–H groups in total. The lowest BCUT2D eigenvalue weighted by atomic mass is 10.1. The highest BCUT2D eigenvalue weighted by molar-refractivity contribution is 7.18. The van der Waals surface area contributed by atoms with Gasteiger partial charge >= 0.3 is 6.09 Å². The SMILES string of the molecule is CC(C)OC(=O)N[C@H](CNC(=O)c1ccc(Cl)s1)C(=O)Nc1ccc(N2CCOCC2=O)c(C(F)F)c1. The van der Waals surface area contributed by atoms with E-state index in [2.05, 4.69) is 16.0 Å². The lowest BCUT2D eigenvalue weighted by Crippen LogP contribution is -2.51. The van der Waals surface area contributed by atoms with Crippen molar-refractivity contribution in [2.75, 3.05) is 36.5 Å². The molecule has 1 atom stereocenters. The summed E-state index contributed by atoms with van der Waals surface area (Å²) < 4.78 is 38.1. The number of alkyl carbamates (subject to hydrolysis) is 1. The Morgan fingerprint density at radius 1 is 1.22 bits per heavy atom. The van der Waals surface area contributed by atoms with Gasteiger partial charge in [-0.05, 0) is 44.2 Å². The van der Waals surface area contributed by atoms with Gasteiger partial charge in [-0.25, -0.2) is 13.6 Å². The van der Waals surface area contributed by atoms with Crippen LogP contribution in [0.5, 0.6) is 0 Å². The first kappa shape index (κ1) is 28.3. The van der Waals surface area contributed by atoms with E-state index in [-0.39, 0.29) is 37.7 Å². The summed E-state index contributed by atoms with van der Waals surface area (Å²) in [6, 6.07) is 5.45. The zero-order valence-corrected chi connectivity index (χ0v) is 21.5. The number of hydrogen-bond acceptors (Lipinski definition) is 7. The number of hydrogen-bond donors (Lipinski definition) is 3. The molecule has 0 radical (unpaired) electrons. The van der Waals surface area contributed by atoms with Crippen molar-refractivity contribution in [1.82, 2.24) is 10.6 Å². The van der Waals surface area contributed by atoms with Crippen LogP contribution < -0.4 is 20.9 Å². The number of halogens is 3. The second kappa shape index (κ2) is 12.8. The lowest BCUT2D eigenvalue weighted by molar-refractivity contribution is -0.125. The number of anilines is 2. The van der Waals surface area contributed by atoms with Crippen molar-refractivity contribution in [1.29, 1.82) is 0 Å². The Morgan fingerprint density at radius 2 is 1.97 bits per heavy atom. The Bertz CT molecular complexity index is 1160. The number of nitrogens with one attached hydrogen (secondary N) is 3. The molecule has 1 saturated heterocycles. The zero-order chi connectivity index (χ0) is 27.1. The number of thiophene rings is 1. The van der Waals surface area contributed by atoms with Crippen molar-refractivity contribution in [3.8, 4) is 0 Å².